The van der Waals surface area contributed by atoms with E-state index in [4.69, 9.17) is 30.2 Å². The summed E-state index contributed by atoms with van der Waals surface area (Å²) in [6.07, 6.45) is -8.76. The number of phenolic OH excluding ortho intramolecular Hbond substituents is 1. The van der Waals surface area contributed by atoms with E-state index in [2.05, 4.69) is 0 Å². The van der Waals surface area contributed by atoms with Gasteiger partial charge in [-0.25, -0.2) is 14.2 Å². The van der Waals surface area contributed by atoms with E-state index in [0.29, 0.717) is 11.1 Å². The third-order valence-corrected chi connectivity index (χ3v) is 7.46. The Morgan fingerprint density at radius 2 is 1.59 bits per heavy atom. The van der Waals surface area contributed by atoms with Gasteiger partial charge in [0.1, 0.15) is 36.8 Å². The van der Waals surface area contributed by atoms with E-state index in [-0.39, 0.29) is 35.5 Å². The average Bonchev–Trinajstić information content (AvgIpc) is 2.99. The van der Waals surface area contributed by atoms with Gasteiger partial charge < -0.3 is 50.8 Å². The first-order chi connectivity index (χ1) is 20.9. The van der Waals surface area contributed by atoms with Gasteiger partial charge in [-0.3, -0.25) is 4.52 Å². The number of aliphatic hydroxyl groups is 2. The second-order valence-corrected chi connectivity index (χ2v) is 11.3. The Bertz CT molecular complexity index is 1480. The molecule has 14 nitrogen and oxygen atoms in total. The van der Waals surface area contributed by atoms with Crippen molar-refractivity contribution in [1.29, 1.82) is 0 Å². The fraction of sp³-hybridized carbons (Fsp3) is 0.310. The van der Waals surface area contributed by atoms with Crippen LogP contribution in [0.3, 0.4) is 0 Å². The number of phenols is 1. The van der Waals surface area contributed by atoms with Gasteiger partial charge in [0.25, 0.3) is 0 Å². The fourth-order valence-electron chi connectivity index (χ4n) is 4.68. The summed E-state index contributed by atoms with van der Waals surface area (Å²) in [7, 11) is -5.28. The third-order valence-electron chi connectivity index (χ3n) is 6.95. The SMILES string of the molecule is NCC(O)c1ccc(C[C@@H]2O[C@H](COC(=O)c3ccc(O)cc3)[C@@H](O)[C@H](OP(=O)(O)O)[C@H]2OC(=O)c2ccccc2N)cc1. The lowest BCUT2D eigenvalue weighted by atomic mass is 9.91. The molecule has 1 heterocycles. The number of phosphoric acid groups is 1. The molecule has 1 aliphatic heterocycles. The van der Waals surface area contributed by atoms with E-state index in [9.17, 15) is 39.3 Å². The van der Waals surface area contributed by atoms with Gasteiger partial charge in [0, 0.05) is 18.7 Å². The molecule has 15 heteroatoms. The fourth-order valence-corrected chi connectivity index (χ4v) is 5.24. The Kier molecular flexibility index (Phi) is 10.7. The molecule has 0 amide bonds. The van der Waals surface area contributed by atoms with Crippen molar-refractivity contribution in [2.75, 3.05) is 18.9 Å². The molecule has 1 aliphatic rings. The van der Waals surface area contributed by atoms with E-state index in [1.807, 2.05) is 0 Å². The Morgan fingerprint density at radius 3 is 2.20 bits per heavy atom. The van der Waals surface area contributed by atoms with Crippen molar-refractivity contribution in [3.8, 4) is 5.75 Å². The zero-order valence-corrected chi connectivity index (χ0v) is 24.1. The van der Waals surface area contributed by atoms with Crippen LogP contribution in [-0.4, -0.2) is 80.7 Å². The Balaban J connectivity index is 1.64. The van der Waals surface area contributed by atoms with Gasteiger partial charge in [0.15, 0.2) is 6.10 Å². The van der Waals surface area contributed by atoms with Crippen LogP contribution in [0, 0.1) is 0 Å². The van der Waals surface area contributed by atoms with Crippen LogP contribution in [0.1, 0.15) is 37.9 Å². The molecular formula is C29H33N2O12P. The highest BCUT2D eigenvalue weighted by Crippen LogP contribution is 2.42. The van der Waals surface area contributed by atoms with Crippen molar-refractivity contribution in [2.24, 2.45) is 5.73 Å². The Labute approximate surface area is 252 Å². The van der Waals surface area contributed by atoms with Gasteiger partial charge in [-0.15, -0.1) is 0 Å². The minimum absolute atomic E-state index is 0.00441. The molecule has 3 aromatic rings. The zero-order chi connectivity index (χ0) is 32.0. The van der Waals surface area contributed by atoms with E-state index in [0.717, 1.165) is 0 Å². The van der Waals surface area contributed by atoms with Crippen molar-refractivity contribution < 1.29 is 58.0 Å². The normalized spacial score (nSPS) is 22.6. The Morgan fingerprint density at radius 1 is 0.932 bits per heavy atom. The maximum absolute atomic E-state index is 13.2. The summed E-state index contributed by atoms with van der Waals surface area (Å²) < 4.78 is 33.9. The summed E-state index contributed by atoms with van der Waals surface area (Å²) in [5.74, 6) is -1.87. The van der Waals surface area contributed by atoms with Crippen LogP contribution in [0.5, 0.6) is 5.75 Å². The first-order valence-corrected chi connectivity index (χ1v) is 15.0. The minimum atomic E-state index is -5.28. The molecule has 4 rings (SSSR count). The van der Waals surface area contributed by atoms with Gasteiger partial charge in [-0.2, -0.15) is 0 Å². The van der Waals surface area contributed by atoms with Crippen molar-refractivity contribution in [3.05, 3.63) is 95.1 Å². The van der Waals surface area contributed by atoms with E-state index >= 15 is 0 Å². The van der Waals surface area contributed by atoms with E-state index in [1.165, 1.54) is 42.5 Å². The maximum atomic E-state index is 13.2. The smallest absolute Gasteiger partial charge is 0.470 e. The summed E-state index contributed by atoms with van der Waals surface area (Å²) in [5.41, 5.74) is 12.7. The summed E-state index contributed by atoms with van der Waals surface area (Å²) in [4.78, 5) is 45.1. The molecule has 0 aliphatic carbocycles. The molecule has 1 fully saturated rings. The number of anilines is 1. The first kappa shape index (κ1) is 33.1. The highest BCUT2D eigenvalue weighted by Gasteiger charge is 2.51. The third kappa shape index (κ3) is 8.40. The highest BCUT2D eigenvalue weighted by atomic mass is 31.2. The molecular weight excluding hydrogens is 599 g/mol. The maximum Gasteiger partial charge on any atom is 0.470 e. The molecule has 0 bridgehead atoms. The van der Waals surface area contributed by atoms with Gasteiger partial charge in [-0.05, 0) is 47.5 Å². The standard InChI is InChI=1S/C29H33N2O12P/c30-14-22(33)17-7-5-16(6-8-17)13-23-26(42-29(36)20-3-1-2-4-21(20)31)27(43-44(37,38)39)25(34)24(41-23)15-40-28(35)18-9-11-19(32)12-10-18/h1-12,22-27,32-34H,13-15,30-31H2,(H2,37,38,39)/t22?,23-,24+,25+,26-,27-/m0/s1. The first-order valence-electron chi connectivity index (χ1n) is 13.4. The minimum Gasteiger partial charge on any atom is -0.508 e. The zero-order valence-electron chi connectivity index (χ0n) is 23.2. The topological polar surface area (TPSA) is 241 Å². The number of nitrogens with two attached hydrogens (primary N) is 2. The van der Waals surface area contributed by atoms with Crippen LogP contribution in [0.25, 0.3) is 0 Å². The van der Waals surface area contributed by atoms with Crippen LogP contribution in [-0.2, 0) is 29.7 Å². The molecule has 9 N–H and O–H groups in total. The number of esters is 2. The van der Waals surface area contributed by atoms with E-state index in [1.54, 1.807) is 30.3 Å². The average molecular weight is 633 g/mol. The number of aliphatic hydroxyl groups excluding tert-OH is 2. The summed E-state index contributed by atoms with van der Waals surface area (Å²) in [6, 6.07) is 17.7. The number of benzene rings is 3. The van der Waals surface area contributed by atoms with E-state index < -0.39 is 63.0 Å². The second-order valence-electron chi connectivity index (χ2n) is 10.1. The molecule has 1 unspecified atom stereocenters. The number of nitrogen functional groups attached to an aromatic ring is 1. The molecule has 236 valence electrons. The van der Waals surface area contributed by atoms with Crippen LogP contribution in [0.15, 0.2) is 72.8 Å². The number of phosphoric ester groups is 1. The second kappa shape index (κ2) is 14.3. The molecule has 0 saturated carbocycles. The lowest BCUT2D eigenvalue weighted by Crippen LogP contribution is -2.61. The number of ether oxygens (including phenoxy) is 3. The number of aromatic hydroxyl groups is 1. The van der Waals surface area contributed by atoms with Crippen molar-refractivity contribution in [3.63, 3.8) is 0 Å². The van der Waals surface area contributed by atoms with Crippen LogP contribution in [0.2, 0.25) is 0 Å². The van der Waals surface area contributed by atoms with Crippen molar-refractivity contribution in [2.45, 2.75) is 43.0 Å². The molecule has 44 heavy (non-hydrogen) atoms. The van der Waals surface area contributed by atoms with Crippen LogP contribution in [0.4, 0.5) is 5.69 Å². The van der Waals surface area contributed by atoms with Crippen LogP contribution >= 0.6 is 7.82 Å². The largest absolute Gasteiger partial charge is 0.508 e. The molecule has 1 saturated heterocycles. The number of rotatable bonds is 11. The molecule has 0 spiro atoms. The number of hydrogen-bond donors (Lipinski definition) is 7. The van der Waals surface area contributed by atoms with Gasteiger partial charge in [0.2, 0.25) is 0 Å². The summed E-state index contributed by atoms with van der Waals surface area (Å²) in [5, 5.41) is 30.7. The predicted molar refractivity (Wildman–Crippen MR) is 154 cm³/mol. The van der Waals surface area contributed by atoms with Gasteiger partial charge in [0.05, 0.1) is 17.2 Å². The number of carbonyl (C=O) groups excluding carboxylic acids is 2. The summed E-state index contributed by atoms with van der Waals surface area (Å²) in [6.45, 7) is -0.581. The van der Waals surface area contributed by atoms with Crippen molar-refractivity contribution in [1.82, 2.24) is 0 Å². The highest BCUT2D eigenvalue weighted by molar-refractivity contribution is 7.46. The quantitative estimate of drug-likeness (QED) is 0.0893. The predicted octanol–water partition coefficient (Wildman–Crippen LogP) is 1.20. The van der Waals surface area contributed by atoms with Gasteiger partial charge in [-0.1, -0.05) is 36.4 Å². The van der Waals surface area contributed by atoms with Crippen LogP contribution < -0.4 is 11.5 Å². The molecule has 0 radical (unpaired) electrons. The van der Waals surface area contributed by atoms with Gasteiger partial charge >= 0.3 is 19.8 Å². The lowest BCUT2D eigenvalue weighted by molar-refractivity contribution is -0.224. The monoisotopic (exact) mass is 632 g/mol. The van der Waals surface area contributed by atoms with Crippen molar-refractivity contribution >= 4 is 25.4 Å². The number of para-hydroxylation sites is 1. The Hall–Kier alpha value is -3.85. The number of hydrogen-bond acceptors (Lipinski definition) is 12. The molecule has 6 atom stereocenters. The molecule has 3 aromatic carbocycles. The summed E-state index contributed by atoms with van der Waals surface area (Å²) >= 11 is 0. The molecule has 0 aromatic heterocycles. The number of carbonyl (C=O) groups is 2. The lowest BCUT2D eigenvalue weighted by Gasteiger charge is -2.43.